The molecule has 1 unspecified atom stereocenters. The Labute approximate surface area is 129 Å². The number of methoxy groups -OCH3 is 1. The van der Waals surface area contributed by atoms with Crippen molar-refractivity contribution in [3.05, 3.63) is 18.2 Å². The fourth-order valence-electron chi connectivity index (χ4n) is 2.52. The highest BCUT2D eigenvalue weighted by atomic mass is 32.2. The number of benzene rings is 1. The van der Waals surface area contributed by atoms with E-state index in [1.165, 1.54) is 0 Å². The maximum Gasteiger partial charge on any atom is 0.229 e. The van der Waals surface area contributed by atoms with Crippen molar-refractivity contribution in [1.29, 1.82) is 0 Å². The number of nitrogens with zero attached hydrogens (tertiary/aromatic N) is 3. The number of likely N-dealkylation sites (tertiary alicyclic amines) is 1. The number of amides is 1. The molecule has 0 spiro atoms. The average Bonchev–Trinajstić information content (AvgIpc) is 2.76. The van der Waals surface area contributed by atoms with E-state index in [1.807, 2.05) is 37.2 Å². The van der Waals surface area contributed by atoms with E-state index in [-0.39, 0.29) is 11.2 Å². The fourth-order valence-corrected chi connectivity index (χ4v) is 3.71. The summed E-state index contributed by atoms with van der Waals surface area (Å²) in [5, 5.41) is 0.153. The van der Waals surface area contributed by atoms with Crippen molar-refractivity contribution < 1.29 is 9.53 Å². The predicted octanol–water partition coefficient (Wildman–Crippen LogP) is 1.99. The maximum absolute atomic E-state index is 12.2. The van der Waals surface area contributed by atoms with E-state index in [1.54, 1.807) is 18.9 Å². The zero-order valence-corrected chi connectivity index (χ0v) is 13.3. The zero-order valence-electron chi connectivity index (χ0n) is 12.5. The van der Waals surface area contributed by atoms with Gasteiger partial charge >= 0.3 is 0 Å². The minimum Gasteiger partial charge on any atom is -0.497 e. The lowest BCUT2D eigenvalue weighted by atomic mass is 10.3. The highest BCUT2D eigenvalue weighted by Gasteiger charge is 2.39. The Balaban J connectivity index is 1.90. The predicted molar refractivity (Wildman–Crippen MR) is 84.6 cm³/mol. The number of thioether (sulfide) groups is 1. The Morgan fingerprint density at radius 1 is 1.48 bits per heavy atom. The number of likely N-dealkylation sites (N-methyl/N-ethyl adjacent to an activating group) is 1. The Morgan fingerprint density at radius 2 is 2.29 bits per heavy atom. The van der Waals surface area contributed by atoms with Crippen molar-refractivity contribution in [3.8, 4) is 5.75 Å². The Kier molecular flexibility index (Phi) is 3.91. The molecule has 1 amide bonds. The summed E-state index contributed by atoms with van der Waals surface area (Å²) in [7, 11) is 5.67. The van der Waals surface area contributed by atoms with Crippen LogP contribution in [0.15, 0.2) is 28.1 Å². The number of fused-ring (bicyclic) bond motifs is 2. The number of hydrogen-bond acceptors (Lipinski definition) is 5. The summed E-state index contributed by atoms with van der Waals surface area (Å²) >= 11 is 1.73. The minimum absolute atomic E-state index is 0.153. The normalized spacial score (nSPS) is 20.4. The van der Waals surface area contributed by atoms with Gasteiger partial charge < -0.3 is 9.64 Å². The van der Waals surface area contributed by atoms with Crippen LogP contribution >= 0.6 is 11.8 Å². The lowest BCUT2D eigenvalue weighted by Gasteiger charge is -2.24. The van der Waals surface area contributed by atoms with Crippen molar-refractivity contribution in [1.82, 2.24) is 9.80 Å². The standard InChI is InChI=1S/C15H19N3O2S/c1-17(2)6-7-18-14(19)9-13-15(18)16-11-8-10(20-3)4-5-12(11)21-13/h4-5,8,13H,6-7,9H2,1-3H3. The van der Waals surface area contributed by atoms with E-state index in [2.05, 4.69) is 4.90 Å². The van der Waals surface area contributed by atoms with Crippen LogP contribution in [-0.2, 0) is 4.79 Å². The highest BCUT2D eigenvalue weighted by Crippen LogP contribution is 2.43. The quantitative estimate of drug-likeness (QED) is 0.853. The number of carbonyl (C=O) groups is 1. The van der Waals surface area contributed by atoms with Gasteiger partial charge in [0.1, 0.15) is 11.6 Å². The molecule has 2 heterocycles. The first-order valence-corrected chi connectivity index (χ1v) is 7.85. The van der Waals surface area contributed by atoms with E-state index < -0.39 is 0 Å². The van der Waals surface area contributed by atoms with Gasteiger partial charge in [-0.15, -0.1) is 11.8 Å². The number of amidine groups is 1. The maximum atomic E-state index is 12.2. The molecule has 3 rings (SSSR count). The summed E-state index contributed by atoms with van der Waals surface area (Å²) in [5.74, 6) is 1.86. The van der Waals surface area contributed by atoms with Crippen molar-refractivity contribution in [2.24, 2.45) is 4.99 Å². The van der Waals surface area contributed by atoms with Gasteiger partial charge in [0.2, 0.25) is 5.91 Å². The topological polar surface area (TPSA) is 45.1 Å². The molecule has 6 heteroatoms. The number of aliphatic imine (C=N–C) groups is 1. The van der Waals surface area contributed by atoms with Crippen LogP contribution in [0.5, 0.6) is 5.75 Å². The van der Waals surface area contributed by atoms with Gasteiger partial charge in [0.25, 0.3) is 0 Å². The van der Waals surface area contributed by atoms with Crippen molar-refractivity contribution in [2.45, 2.75) is 16.6 Å². The molecule has 0 radical (unpaired) electrons. The van der Waals surface area contributed by atoms with E-state index in [0.29, 0.717) is 13.0 Å². The summed E-state index contributed by atoms with van der Waals surface area (Å²) in [6.07, 6.45) is 0.544. The van der Waals surface area contributed by atoms with Crippen LogP contribution in [0.3, 0.4) is 0 Å². The van der Waals surface area contributed by atoms with Gasteiger partial charge in [-0.25, -0.2) is 4.99 Å². The lowest BCUT2D eigenvalue weighted by Crippen LogP contribution is -2.37. The Hall–Kier alpha value is -1.53. The molecule has 21 heavy (non-hydrogen) atoms. The molecule has 0 aliphatic carbocycles. The molecule has 2 aliphatic heterocycles. The van der Waals surface area contributed by atoms with Crippen molar-refractivity contribution >= 4 is 29.2 Å². The molecule has 0 aromatic heterocycles. The molecule has 1 aromatic rings. The first-order chi connectivity index (χ1) is 10.1. The molecule has 1 atom stereocenters. The fraction of sp³-hybridized carbons (Fsp3) is 0.467. The molecule has 5 nitrogen and oxygen atoms in total. The number of hydrogen-bond donors (Lipinski definition) is 0. The van der Waals surface area contributed by atoms with Gasteiger partial charge in [0.05, 0.1) is 18.0 Å². The van der Waals surface area contributed by atoms with E-state index in [9.17, 15) is 4.79 Å². The molecule has 1 saturated heterocycles. The van der Waals surface area contributed by atoms with Gasteiger partial charge in [-0.3, -0.25) is 9.69 Å². The van der Waals surface area contributed by atoms with E-state index >= 15 is 0 Å². The molecule has 2 aliphatic rings. The average molecular weight is 305 g/mol. The van der Waals surface area contributed by atoms with Gasteiger partial charge in [0, 0.05) is 30.5 Å². The Morgan fingerprint density at radius 3 is 3.00 bits per heavy atom. The SMILES string of the molecule is COc1ccc2c(c1)N=C1C(CC(=O)N1CCN(C)C)S2. The third-order valence-electron chi connectivity index (χ3n) is 3.67. The Bertz CT molecular complexity index is 601. The van der Waals surface area contributed by atoms with E-state index in [0.717, 1.165) is 28.7 Å². The number of ether oxygens (including phenoxy) is 1. The van der Waals surface area contributed by atoms with Crippen LogP contribution in [0.1, 0.15) is 6.42 Å². The van der Waals surface area contributed by atoms with Crippen LogP contribution in [-0.4, -0.2) is 61.1 Å². The third-order valence-corrected chi connectivity index (χ3v) is 4.93. The first kappa shape index (κ1) is 14.4. The first-order valence-electron chi connectivity index (χ1n) is 6.97. The summed E-state index contributed by atoms with van der Waals surface area (Å²) in [6, 6.07) is 5.89. The molecule has 0 N–H and O–H groups in total. The van der Waals surface area contributed by atoms with E-state index in [4.69, 9.17) is 9.73 Å². The molecule has 0 saturated carbocycles. The second-order valence-corrected chi connectivity index (χ2v) is 6.71. The second-order valence-electron chi connectivity index (χ2n) is 5.46. The number of rotatable bonds is 4. The largest absolute Gasteiger partial charge is 0.497 e. The van der Waals surface area contributed by atoms with Crippen molar-refractivity contribution in [2.75, 3.05) is 34.3 Å². The van der Waals surface area contributed by atoms with Gasteiger partial charge in [-0.1, -0.05) is 0 Å². The third kappa shape index (κ3) is 2.78. The monoisotopic (exact) mass is 305 g/mol. The molecule has 1 fully saturated rings. The van der Waals surface area contributed by atoms with Gasteiger partial charge in [0.15, 0.2) is 0 Å². The summed E-state index contributed by atoms with van der Waals surface area (Å²) < 4.78 is 5.25. The molecule has 1 aromatic carbocycles. The van der Waals surface area contributed by atoms with Crippen LogP contribution < -0.4 is 4.74 Å². The van der Waals surface area contributed by atoms with Gasteiger partial charge in [-0.2, -0.15) is 0 Å². The van der Waals surface area contributed by atoms with Crippen LogP contribution in [0, 0.1) is 0 Å². The smallest absolute Gasteiger partial charge is 0.229 e. The molecule has 112 valence electrons. The summed E-state index contributed by atoms with van der Waals surface area (Å²) in [4.78, 5) is 22.0. The lowest BCUT2D eigenvalue weighted by molar-refractivity contribution is -0.125. The van der Waals surface area contributed by atoms with Crippen LogP contribution in [0.2, 0.25) is 0 Å². The summed E-state index contributed by atoms with van der Waals surface area (Å²) in [5.41, 5.74) is 0.898. The molecular weight excluding hydrogens is 286 g/mol. The molecule has 0 bridgehead atoms. The van der Waals surface area contributed by atoms with Crippen LogP contribution in [0.4, 0.5) is 5.69 Å². The highest BCUT2D eigenvalue weighted by molar-refractivity contribution is 8.01. The zero-order chi connectivity index (χ0) is 15.0. The van der Waals surface area contributed by atoms with Crippen LogP contribution in [0.25, 0.3) is 0 Å². The number of carbonyl (C=O) groups excluding carboxylic acids is 1. The minimum atomic E-state index is 0.153. The summed E-state index contributed by atoms with van der Waals surface area (Å²) in [6.45, 7) is 1.54. The van der Waals surface area contributed by atoms with Crippen molar-refractivity contribution in [3.63, 3.8) is 0 Å². The second kappa shape index (κ2) is 5.69. The molecular formula is C15H19N3O2S. The van der Waals surface area contributed by atoms with Gasteiger partial charge in [-0.05, 0) is 26.2 Å².